The highest BCUT2D eigenvalue weighted by molar-refractivity contribution is 8.01. The van der Waals surface area contributed by atoms with E-state index >= 15 is 0 Å². The summed E-state index contributed by atoms with van der Waals surface area (Å²) in [5.41, 5.74) is 0. The van der Waals surface area contributed by atoms with Crippen molar-refractivity contribution in [3.05, 3.63) is 0 Å². The number of carboxylic acids is 1. The van der Waals surface area contributed by atoms with Gasteiger partial charge in [0.1, 0.15) is 4.75 Å². The van der Waals surface area contributed by atoms with E-state index in [1.165, 1.54) is 11.8 Å². The fourth-order valence-corrected chi connectivity index (χ4v) is 2.55. The molecular weight excluding hydrogens is 224 g/mol. The summed E-state index contributed by atoms with van der Waals surface area (Å²) in [7, 11) is 2.14. The standard InChI is InChI=1S/C11H22N2O2S/c1-11(2,10(14)15)16-9-8-13-6-4-12(3)5-7-13/h4-9H2,1-3H3,(H,14,15). The number of hydrogen-bond donors (Lipinski definition) is 1. The van der Waals surface area contributed by atoms with Gasteiger partial charge in [-0.3, -0.25) is 9.69 Å². The van der Waals surface area contributed by atoms with Gasteiger partial charge in [-0.25, -0.2) is 0 Å². The van der Waals surface area contributed by atoms with Crippen LogP contribution in [-0.4, -0.2) is 71.1 Å². The Morgan fingerprint density at radius 2 is 1.88 bits per heavy atom. The molecule has 0 bridgehead atoms. The maximum Gasteiger partial charge on any atom is 0.319 e. The Bertz CT molecular complexity index is 238. The van der Waals surface area contributed by atoms with E-state index in [4.69, 9.17) is 5.11 Å². The molecule has 0 aliphatic carbocycles. The predicted molar refractivity (Wildman–Crippen MR) is 68.1 cm³/mol. The van der Waals surface area contributed by atoms with Gasteiger partial charge in [-0.15, -0.1) is 11.8 Å². The number of carbonyl (C=O) groups is 1. The summed E-state index contributed by atoms with van der Waals surface area (Å²) in [5.74, 6) is 0.166. The molecule has 1 fully saturated rings. The molecule has 0 aromatic carbocycles. The lowest BCUT2D eigenvalue weighted by Gasteiger charge is -2.32. The molecule has 1 N–H and O–H groups in total. The number of rotatable bonds is 5. The van der Waals surface area contributed by atoms with E-state index in [1.807, 2.05) is 0 Å². The second kappa shape index (κ2) is 5.89. The van der Waals surface area contributed by atoms with Crippen LogP contribution in [0.25, 0.3) is 0 Å². The van der Waals surface area contributed by atoms with Crippen LogP contribution in [0.2, 0.25) is 0 Å². The Hall–Kier alpha value is -0.260. The van der Waals surface area contributed by atoms with Crippen molar-refractivity contribution in [2.75, 3.05) is 45.5 Å². The molecule has 1 aliphatic rings. The van der Waals surface area contributed by atoms with Crippen LogP contribution >= 0.6 is 11.8 Å². The zero-order chi connectivity index (χ0) is 12.2. The first-order chi connectivity index (χ1) is 7.42. The minimum absolute atomic E-state index is 0.660. The van der Waals surface area contributed by atoms with Crippen molar-refractivity contribution in [1.29, 1.82) is 0 Å². The molecule has 0 aromatic rings. The third kappa shape index (κ3) is 4.31. The van der Waals surface area contributed by atoms with Gasteiger partial charge < -0.3 is 10.0 Å². The first-order valence-electron chi connectivity index (χ1n) is 5.70. The van der Waals surface area contributed by atoms with Crippen molar-refractivity contribution >= 4 is 17.7 Å². The van der Waals surface area contributed by atoms with Crippen molar-refractivity contribution in [3.63, 3.8) is 0 Å². The number of piperazine rings is 1. The number of nitrogens with zero attached hydrogens (tertiary/aromatic N) is 2. The highest BCUT2D eigenvalue weighted by atomic mass is 32.2. The first-order valence-corrected chi connectivity index (χ1v) is 6.68. The Balaban J connectivity index is 2.18. The van der Waals surface area contributed by atoms with Crippen molar-refractivity contribution < 1.29 is 9.90 Å². The van der Waals surface area contributed by atoms with Crippen LogP contribution in [0.3, 0.4) is 0 Å². The van der Waals surface area contributed by atoms with Crippen LogP contribution in [0.15, 0.2) is 0 Å². The van der Waals surface area contributed by atoms with Crippen LogP contribution in [0.1, 0.15) is 13.8 Å². The van der Waals surface area contributed by atoms with Gasteiger partial charge >= 0.3 is 5.97 Å². The molecule has 1 aliphatic heterocycles. The van der Waals surface area contributed by atoms with Crippen molar-refractivity contribution in [1.82, 2.24) is 9.80 Å². The third-order valence-electron chi connectivity index (χ3n) is 2.98. The molecule has 0 radical (unpaired) electrons. The molecular formula is C11H22N2O2S. The van der Waals surface area contributed by atoms with Crippen molar-refractivity contribution in [2.45, 2.75) is 18.6 Å². The van der Waals surface area contributed by atoms with Crippen LogP contribution in [0.5, 0.6) is 0 Å². The molecule has 0 spiro atoms. The summed E-state index contributed by atoms with van der Waals surface area (Å²) in [5, 5.41) is 8.97. The van der Waals surface area contributed by atoms with Crippen LogP contribution in [-0.2, 0) is 4.79 Å². The molecule has 16 heavy (non-hydrogen) atoms. The lowest BCUT2D eigenvalue weighted by atomic mass is 10.2. The van der Waals surface area contributed by atoms with E-state index in [0.717, 1.165) is 38.5 Å². The molecule has 1 saturated heterocycles. The van der Waals surface area contributed by atoms with Gasteiger partial charge in [0.25, 0.3) is 0 Å². The largest absolute Gasteiger partial charge is 0.480 e. The molecule has 4 nitrogen and oxygen atoms in total. The molecule has 94 valence electrons. The summed E-state index contributed by atoms with van der Waals surface area (Å²) in [4.78, 5) is 15.6. The van der Waals surface area contributed by atoms with Crippen LogP contribution < -0.4 is 0 Å². The van der Waals surface area contributed by atoms with E-state index in [-0.39, 0.29) is 0 Å². The predicted octanol–water partition coefficient (Wildman–Crippen LogP) is 0.830. The van der Waals surface area contributed by atoms with Crippen molar-refractivity contribution in [2.24, 2.45) is 0 Å². The highest BCUT2D eigenvalue weighted by Crippen LogP contribution is 2.24. The number of likely N-dealkylation sites (N-methyl/N-ethyl adjacent to an activating group) is 1. The fraction of sp³-hybridized carbons (Fsp3) is 0.909. The molecule has 0 atom stereocenters. The number of thioether (sulfide) groups is 1. The quantitative estimate of drug-likeness (QED) is 0.778. The maximum absolute atomic E-state index is 10.9. The van der Waals surface area contributed by atoms with Gasteiger partial charge in [-0.05, 0) is 20.9 Å². The normalized spacial score (nSPS) is 19.9. The number of hydrogen-bond acceptors (Lipinski definition) is 4. The Morgan fingerprint density at radius 3 is 2.38 bits per heavy atom. The summed E-state index contributed by atoms with van der Waals surface area (Å²) < 4.78 is -0.660. The average Bonchev–Trinajstić information content (AvgIpc) is 2.20. The number of carboxylic acid groups (broad SMARTS) is 1. The van der Waals surface area contributed by atoms with Gasteiger partial charge in [-0.1, -0.05) is 0 Å². The van der Waals surface area contributed by atoms with E-state index < -0.39 is 10.7 Å². The molecule has 0 unspecified atom stereocenters. The Labute approximate surface area is 102 Å². The molecule has 0 saturated carbocycles. The van der Waals surface area contributed by atoms with Crippen LogP contribution in [0.4, 0.5) is 0 Å². The third-order valence-corrected chi connectivity index (χ3v) is 4.26. The SMILES string of the molecule is CN1CCN(CCSC(C)(C)C(=O)O)CC1. The van der Waals surface area contributed by atoms with Gasteiger partial charge in [0.2, 0.25) is 0 Å². The monoisotopic (exact) mass is 246 g/mol. The Kier molecular flexibility index (Phi) is 5.08. The summed E-state index contributed by atoms with van der Waals surface area (Å²) in [6.07, 6.45) is 0. The van der Waals surface area contributed by atoms with Crippen molar-refractivity contribution in [3.8, 4) is 0 Å². The minimum Gasteiger partial charge on any atom is -0.480 e. The van der Waals surface area contributed by atoms with E-state index in [9.17, 15) is 4.79 Å². The van der Waals surface area contributed by atoms with E-state index in [2.05, 4.69) is 16.8 Å². The zero-order valence-corrected chi connectivity index (χ0v) is 11.2. The smallest absolute Gasteiger partial charge is 0.319 e. The number of aliphatic carboxylic acids is 1. The lowest BCUT2D eigenvalue weighted by Crippen LogP contribution is -2.45. The van der Waals surface area contributed by atoms with Gasteiger partial charge in [0.15, 0.2) is 0 Å². The molecule has 1 heterocycles. The van der Waals surface area contributed by atoms with Gasteiger partial charge in [-0.2, -0.15) is 0 Å². The lowest BCUT2D eigenvalue weighted by molar-refractivity contribution is -0.138. The van der Waals surface area contributed by atoms with E-state index in [1.54, 1.807) is 13.8 Å². The highest BCUT2D eigenvalue weighted by Gasteiger charge is 2.27. The molecule has 1 rings (SSSR count). The second-order valence-corrected chi connectivity index (χ2v) is 6.53. The summed E-state index contributed by atoms with van der Waals surface area (Å²) in [6, 6.07) is 0. The summed E-state index contributed by atoms with van der Waals surface area (Å²) >= 11 is 1.53. The zero-order valence-electron chi connectivity index (χ0n) is 10.4. The maximum atomic E-state index is 10.9. The molecule has 0 aromatic heterocycles. The first kappa shape index (κ1) is 13.8. The summed E-state index contributed by atoms with van der Waals surface area (Å²) in [6.45, 7) is 8.97. The van der Waals surface area contributed by atoms with Gasteiger partial charge in [0, 0.05) is 38.5 Å². The molecule has 5 heteroatoms. The average molecular weight is 246 g/mol. The molecule has 0 amide bonds. The minimum atomic E-state index is -0.726. The van der Waals surface area contributed by atoms with Gasteiger partial charge in [0.05, 0.1) is 0 Å². The topological polar surface area (TPSA) is 43.8 Å². The van der Waals surface area contributed by atoms with E-state index in [0.29, 0.717) is 0 Å². The Morgan fingerprint density at radius 1 is 1.31 bits per heavy atom. The second-order valence-electron chi connectivity index (χ2n) is 4.81. The van der Waals surface area contributed by atoms with Crippen LogP contribution in [0, 0.1) is 0 Å². The fourth-order valence-electron chi connectivity index (χ4n) is 1.56.